The van der Waals surface area contributed by atoms with Crippen molar-refractivity contribution in [3.8, 4) is 0 Å². The van der Waals surface area contributed by atoms with Crippen molar-refractivity contribution in [2.75, 3.05) is 7.11 Å². The third kappa shape index (κ3) is 0.655. The fourth-order valence-electron chi connectivity index (χ4n) is 7.27. The minimum absolute atomic E-state index is 0.102. The number of nitrogens with one attached hydrogen (secondary N) is 1. The molecule has 0 amide bonds. The zero-order chi connectivity index (χ0) is 14.5. The van der Waals surface area contributed by atoms with Crippen molar-refractivity contribution >= 4 is 5.97 Å². The molecule has 6 saturated carbocycles. The highest BCUT2D eigenvalue weighted by Gasteiger charge is 3.12. The van der Waals surface area contributed by atoms with E-state index in [0.717, 1.165) is 6.20 Å². The molecule has 1 N–H and O–H groups in total. The number of ether oxygens (including phenoxy) is 1. The summed E-state index contributed by atoms with van der Waals surface area (Å²) >= 11 is 0. The van der Waals surface area contributed by atoms with Crippen molar-refractivity contribution in [1.29, 1.82) is 0 Å². The van der Waals surface area contributed by atoms with Gasteiger partial charge < -0.3 is 9.72 Å². The lowest BCUT2D eigenvalue weighted by molar-refractivity contribution is -0.614. The zero-order valence-corrected chi connectivity index (χ0v) is 10.9. The number of aromatic amines is 1. The van der Waals surface area contributed by atoms with E-state index in [2.05, 4.69) is 9.97 Å². The Hall–Kier alpha value is -1.53. The molecule has 0 bridgehead atoms. The molecule has 6 aliphatic carbocycles. The number of rotatable bonds is 2. The summed E-state index contributed by atoms with van der Waals surface area (Å²) in [5, 5.41) is 0. The molecule has 0 saturated heterocycles. The van der Waals surface area contributed by atoms with Gasteiger partial charge in [-0.25, -0.2) is 4.98 Å². The summed E-state index contributed by atoms with van der Waals surface area (Å²) in [7, 11) is 1.42. The van der Waals surface area contributed by atoms with Gasteiger partial charge in [0.25, 0.3) is 0 Å². The van der Waals surface area contributed by atoms with E-state index in [1.165, 1.54) is 7.11 Å². The maximum Gasteiger partial charge on any atom is 0.432 e. The van der Waals surface area contributed by atoms with E-state index in [1.54, 1.807) is 0 Å². The van der Waals surface area contributed by atoms with Crippen LogP contribution in [0.3, 0.4) is 0 Å². The third-order valence-electron chi connectivity index (χ3n) is 7.46. The number of hydrogen-bond donors (Lipinski definition) is 1. The first kappa shape index (κ1) is 11.1. The summed E-state index contributed by atoms with van der Waals surface area (Å²) in [5.74, 6) is 2.46. The van der Waals surface area contributed by atoms with Crippen LogP contribution in [0.2, 0.25) is 0 Å². The molecule has 0 unspecified atom stereocenters. The molecule has 0 atom stereocenters. The van der Waals surface area contributed by atoms with Gasteiger partial charge in [-0.05, 0) is 35.5 Å². The largest absolute Gasteiger partial charge is 0.469 e. The van der Waals surface area contributed by atoms with Gasteiger partial charge >= 0.3 is 12.1 Å². The quantitative estimate of drug-likeness (QED) is 0.843. The number of carbonyl (C=O) groups excluding carboxylic acids is 1. The highest BCUT2D eigenvalue weighted by molar-refractivity contribution is 5.89. The molecule has 110 valence electrons. The average molecular weight is 296 g/mol. The molecular formula is C14H11F3N2O2. The lowest BCUT2D eigenvalue weighted by atomic mass is 8.92. The van der Waals surface area contributed by atoms with Gasteiger partial charge in [0.05, 0.1) is 18.7 Å². The molecule has 0 spiro atoms. The Balaban J connectivity index is 1.37. The number of carbonyl (C=O) groups is 1. The molecule has 21 heavy (non-hydrogen) atoms. The normalized spacial score (nSPS) is 56.2. The van der Waals surface area contributed by atoms with Crippen LogP contribution >= 0.6 is 0 Å². The minimum atomic E-state index is -4.38. The Morgan fingerprint density at radius 1 is 1.24 bits per heavy atom. The fraction of sp³-hybridized carbons (Fsp3) is 0.714. The number of hydrogen-bond acceptors (Lipinski definition) is 3. The lowest BCUT2D eigenvalue weighted by Crippen LogP contribution is -3.12. The van der Waals surface area contributed by atoms with Crippen molar-refractivity contribution in [2.45, 2.75) is 11.6 Å². The third-order valence-corrected chi connectivity index (χ3v) is 7.46. The number of methoxy groups -OCH3 is 1. The summed E-state index contributed by atoms with van der Waals surface area (Å²) in [6.45, 7) is 0. The number of alkyl halides is 3. The smallest absolute Gasteiger partial charge is 0.432 e. The van der Waals surface area contributed by atoms with Gasteiger partial charge in [0.1, 0.15) is 11.5 Å². The zero-order valence-electron chi connectivity index (χ0n) is 10.9. The van der Waals surface area contributed by atoms with Crippen LogP contribution in [0.4, 0.5) is 13.2 Å². The second kappa shape index (κ2) is 2.50. The van der Waals surface area contributed by atoms with Crippen LogP contribution in [0.5, 0.6) is 0 Å². The first-order valence-electron chi connectivity index (χ1n) is 7.14. The Labute approximate surface area is 117 Å². The number of nitrogens with zero attached hydrogens (tertiary/aromatic N) is 1. The summed E-state index contributed by atoms with van der Waals surface area (Å²) in [5.41, 5.74) is -1.19. The Morgan fingerprint density at radius 3 is 2.24 bits per heavy atom. The summed E-state index contributed by atoms with van der Waals surface area (Å²) < 4.78 is 43.1. The van der Waals surface area contributed by atoms with Gasteiger partial charge in [-0.15, -0.1) is 0 Å². The second-order valence-corrected chi connectivity index (χ2v) is 7.16. The molecule has 1 aromatic heterocycles. The Bertz CT molecular complexity index is 683. The minimum Gasteiger partial charge on any atom is -0.469 e. The van der Waals surface area contributed by atoms with Crippen LogP contribution in [-0.4, -0.2) is 23.0 Å². The van der Waals surface area contributed by atoms with E-state index in [0.29, 0.717) is 41.3 Å². The molecule has 6 fully saturated rings. The predicted octanol–water partition coefficient (Wildman–Crippen LogP) is 1.59. The first-order chi connectivity index (χ1) is 9.92. The number of aromatic nitrogens is 2. The van der Waals surface area contributed by atoms with Gasteiger partial charge in [0, 0.05) is 5.41 Å². The Morgan fingerprint density at radius 2 is 1.81 bits per heavy atom. The standard InChI is InChI=1S/C14H11F3N2O2/c1-21-11(20)13-7-4-8(13)6-9(13)5(7)12(4,6)10-18-2-3(19-10)14(15,16)17/h2,4-9H,1H3,(H,18,19). The van der Waals surface area contributed by atoms with Crippen molar-refractivity contribution in [3.63, 3.8) is 0 Å². The summed E-state index contributed by atoms with van der Waals surface area (Å²) in [6, 6.07) is 0. The average Bonchev–Trinajstić information content (AvgIpc) is 2.95. The number of imidazole rings is 1. The van der Waals surface area contributed by atoms with Gasteiger partial charge in [0.2, 0.25) is 0 Å². The summed E-state index contributed by atoms with van der Waals surface area (Å²) in [6.07, 6.45) is -3.48. The van der Waals surface area contributed by atoms with E-state index in [1.807, 2.05) is 0 Å². The molecule has 6 aliphatic rings. The van der Waals surface area contributed by atoms with Gasteiger partial charge in [-0.2, -0.15) is 13.2 Å². The molecular weight excluding hydrogens is 285 g/mol. The molecule has 7 rings (SSSR count). The molecule has 0 radical (unpaired) electrons. The topological polar surface area (TPSA) is 55.0 Å². The van der Waals surface area contributed by atoms with Crippen molar-refractivity contribution < 1.29 is 22.7 Å². The molecule has 1 aromatic rings. The van der Waals surface area contributed by atoms with Crippen LogP contribution in [0.1, 0.15) is 11.5 Å². The van der Waals surface area contributed by atoms with E-state index in [9.17, 15) is 18.0 Å². The highest BCUT2D eigenvalue weighted by Crippen LogP contribution is 3.09. The first-order valence-corrected chi connectivity index (χ1v) is 7.14. The number of esters is 1. The van der Waals surface area contributed by atoms with Crippen molar-refractivity contribution in [3.05, 3.63) is 17.7 Å². The van der Waals surface area contributed by atoms with Gasteiger partial charge in [0.15, 0.2) is 0 Å². The molecule has 0 aromatic carbocycles. The monoisotopic (exact) mass is 296 g/mol. The van der Waals surface area contributed by atoms with Crippen LogP contribution in [0.25, 0.3) is 0 Å². The maximum atomic E-state index is 12.7. The fourth-order valence-corrected chi connectivity index (χ4v) is 7.27. The van der Waals surface area contributed by atoms with Crippen LogP contribution in [-0.2, 0) is 21.1 Å². The van der Waals surface area contributed by atoms with Gasteiger partial charge in [-0.1, -0.05) is 0 Å². The summed E-state index contributed by atoms with van der Waals surface area (Å²) in [4.78, 5) is 18.5. The highest BCUT2D eigenvalue weighted by atomic mass is 19.4. The van der Waals surface area contributed by atoms with E-state index in [-0.39, 0.29) is 16.8 Å². The van der Waals surface area contributed by atoms with Crippen LogP contribution in [0, 0.1) is 40.9 Å². The van der Waals surface area contributed by atoms with Crippen molar-refractivity contribution in [2.24, 2.45) is 40.9 Å². The number of H-pyrrole nitrogens is 1. The maximum absolute atomic E-state index is 12.7. The second-order valence-electron chi connectivity index (χ2n) is 7.16. The SMILES string of the molecule is COC(=O)C12C3C4C1C1C2C3C41c1ncc(C(F)(F)F)[nH]1. The van der Waals surface area contributed by atoms with Crippen molar-refractivity contribution in [1.82, 2.24) is 9.97 Å². The molecule has 4 nitrogen and oxygen atoms in total. The van der Waals surface area contributed by atoms with E-state index >= 15 is 0 Å². The number of halogens is 3. The molecule has 1 heterocycles. The molecule has 7 heteroatoms. The van der Waals surface area contributed by atoms with Crippen LogP contribution in [0.15, 0.2) is 6.20 Å². The lowest BCUT2D eigenvalue weighted by Gasteiger charge is -3.09. The van der Waals surface area contributed by atoms with Gasteiger partial charge in [-0.3, -0.25) is 4.79 Å². The van der Waals surface area contributed by atoms with E-state index in [4.69, 9.17) is 4.74 Å². The Kier molecular flexibility index (Phi) is 1.32. The van der Waals surface area contributed by atoms with E-state index < -0.39 is 11.9 Å². The predicted molar refractivity (Wildman–Crippen MR) is 60.7 cm³/mol. The molecule has 0 aliphatic heterocycles. The van der Waals surface area contributed by atoms with Crippen LogP contribution < -0.4 is 0 Å².